The van der Waals surface area contributed by atoms with E-state index in [9.17, 15) is 8.42 Å². The Balaban J connectivity index is 2.55. The SMILES string of the molecule is CCCN(c1ccccc1N)S(=O)(=O)c1ccnn1C. The molecule has 0 spiro atoms. The molecule has 2 aromatic rings. The monoisotopic (exact) mass is 294 g/mol. The molecule has 0 saturated heterocycles. The van der Waals surface area contributed by atoms with Crippen molar-refractivity contribution < 1.29 is 8.42 Å². The Morgan fingerprint density at radius 3 is 2.55 bits per heavy atom. The van der Waals surface area contributed by atoms with Crippen molar-refractivity contribution in [2.45, 2.75) is 18.4 Å². The van der Waals surface area contributed by atoms with E-state index in [-0.39, 0.29) is 5.03 Å². The standard InChI is InChI=1S/C13H18N4O2S/c1-3-10-17(12-7-5-4-6-11(12)14)20(18,19)13-8-9-15-16(13)2/h4-9H,3,10,14H2,1-2H3. The Bertz CT molecular complexity index is 694. The van der Waals surface area contributed by atoms with Crippen molar-refractivity contribution >= 4 is 21.4 Å². The number of hydrogen-bond donors (Lipinski definition) is 1. The predicted molar refractivity (Wildman–Crippen MR) is 78.9 cm³/mol. The van der Waals surface area contributed by atoms with E-state index < -0.39 is 10.0 Å². The van der Waals surface area contributed by atoms with Gasteiger partial charge in [-0.2, -0.15) is 13.5 Å². The molecule has 0 bridgehead atoms. The minimum atomic E-state index is -3.67. The van der Waals surface area contributed by atoms with Gasteiger partial charge in [-0.15, -0.1) is 0 Å². The van der Waals surface area contributed by atoms with Crippen LogP contribution in [0.2, 0.25) is 0 Å². The molecule has 2 N–H and O–H groups in total. The molecule has 0 fully saturated rings. The van der Waals surface area contributed by atoms with Gasteiger partial charge in [0.1, 0.15) is 0 Å². The summed E-state index contributed by atoms with van der Waals surface area (Å²) in [7, 11) is -2.07. The summed E-state index contributed by atoms with van der Waals surface area (Å²) in [6.07, 6.45) is 2.15. The zero-order valence-electron chi connectivity index (χ0n) is 11.5. The maximum absolute atomic E-state index is 12.8. The van der Waals surface area contributed by atoms with Gasteiger partial charge in [0.25, 0.3) is 10.0 Å². The van der Waals surface area contributed by atoms with Gasteiger partial charge in [0.05, 0.1) is 17.6 Å². The molecule has 0 radical (unpaired) electrons. The number of para-hydroxylation sites is 2. The number of nitrogens with zero attached hydrogens (tertiary/aromatic N) is 3. The number of rotatable bonds is 5. The molecule has 1 aromatic carbocycles. The van der Waals surface area contributed by atoms with Crippen LogP contribution in [0.25, 0.3) is 0 Å². The molecular weight excluding hydrogens is 276 g/mol. The highest BCUT2D eigenvalue weighted by atomic mass is 32.2. The molecule has 0 unspecified atom stereocenters. The minimum absolute atomic E-state index is 0.147. The Kier molecular flexibility index (Phi) is 3.99. The molecule has 20 heavy (non-hydrogen) atoms. The summed E-state index contributed by atoms with van der Waals surface area (Å²) in [5.74, 6) is 0. The van der Waals surface area contributed by atoms with Crippen molar-refractivity contribution in [2.75, 3.05) is 16.6 Å². The van der Waals surface area contributed by atoms with Crippen molar-refractivity contribution in [3.63, 3.8) is 0 Å². The van der Waals surface area contributed by atoms with Gasteiger partial charge in [-0.05, 0) is 24.6 Å². The summed E-state index contributed by atoms with van der Waals surface area (Å²) in [5, 5.41) is 4.07. The Labute approximate surface area is 118 Å². The molecule has 0 aliphatic heterocycles. The van der Waals surface area contributed by atoms with Crippen LogP contribution in [0.15, 0.2) is 41.6 Å². The van der Waals surface area contributed by atoms with Crippen LogP contribution in [0.4, 0.5) is 11.4 Å². The van der Waals surface area contributed by atoms with Gasteiger partial charge < -0.3 is 5.73 Å². The smallest absolute Gasteiger partial charge is 0.281 e. The zero-order valence-corrected chi connectivity index (χ0v) is 12.3. The molecule has 0 saturated carbocycles. The molecule has 0 aliphatic carbocycles. The number of hydrogen-bond acceptors (Lipinski definition) is 4. The number of sulfonamides is 1. The van der Waals surface area contributed by atoms with Crippen LogP contribution >= 0.6 is 0 Å². The van der Waals surface area contributed by atoms with Gasteiger partial charge >= 0.3 is 0 Å². The summed E-state index contributed by atoms with van der Waals surface area (Å²) in [6.45, 7) is 2.28. The first kappa shape index (κ1) is 14.4. The van der Waals surface area contributed by atoms with Crippen molar-refractivity contribution in [1.29, 1.82) is 0 Å². The molecule has 0 amide bonds. The highest BCUT2D eigenvalue weighted by molar-refractivity contribution is 7.92. The Hall–Kier alpha value is -2.02. The maximum Gasteiger partial charge on any atom is 0.281 e. The molecule has 7 heteroatoms. The van der Waals surface area contributed by atoms with Crippen LogP contribution in [0.3, 0.4) is 0 Å². The zero-order chi connectivity index (χ0) is 14.8. The Morgan fingerprint density at radius 1 is 1.30 bits per heavy atom. The van der Waals surface area contributed by atoms with Crippen molar-refractivity contribution in [3.05, 3.63) is 36.5 Å². The van der Waals surface area contributed by atoms with Crippen LogP contribution in [0.1, 0.15) is 13.3 Å². The van der Waals surface area contributed by atoms with Gasteiger partial charge in [-0.3, -0.25) is 8.99 Å². The number of nitrogen functional groups attached to an aromatic ring is 1. The fraction of sp³-hybridized carbons (Fsp3) is 0.308. The van der Waals surface area contributed by atoms with Gasteiger partial charge in [-0.1, -0.05) is 19.1 Å². The number of aromatic nitrogens is 2. The lowest BCUT2D eigenvalue weighted by atomic mass is 10.2. The maximum atomic E-state index is 12.8. The van der Waals surface area contributed by atoms with Crippen molar-refractivity contribution in [2.24, 2.45) is 7.05 Å². The van der Waals surface area contributed by atoms with E-state index in [1.165, 1.54) is 21.3 Å². The highest BCUT2D eigenvalue weighted by Crippen LogP contribution is 2.28. The van der Waals surface area contributed by atoms with Crippen LogP contribution in [-0.4, -0.2) is 24.7 Å². The average molecular weight is 294 g/mol. The first-order chi connectivity index (χ1) is 9.48. The highest BCUT2D eigenvalue weighted by Gasteiger charge is 2.28. The molecule has 0 atom stereocenters. The van der Waals surface area contributed by atoms with E-state index in [1.54, 1.807) is 31.3 Å². The first-order valence-corrected chi connectivity index (χ1v) is 7.77. The number of benzene rings is 1. The largest absolute Gasteiger partial charge is 0.397 e. The van der Waals surface area contributed by atoms with Gasteiger partial charge in [0.15, 0.2) is 5.03 Å². The lowest BCUT2D eigenvalue weighted by molar-refractivity contribution is 0.571. The number of nitrogens with two attached hydrogens (primary N) is 1. The summed E-state index contributed by atoms with van der Waals surface area (Å²) in [4.78, 5) is 0. The molecule has 108 valence electrons. The molecule has 1 heterocycles. The molecular formula is C13H18N4O2S. The van der Waals surface area contributed by atoms with Gasteiger partial charge in [-0.25, -0.2) is 0 Å². The van der Waals surface area contributed by atoms with Crippen LogP contribution in [0, 0.1) is 0 Å². The fourth-order valence-corrected chi connectivity index (χ4v) is 3.70. The predicted octanol–water partition coefficient (Wildman–Crippen LogP) is 1.61. The van der Waals surface area contributed by atoms with Crippen LogP contribution < -0.4 is 10.0 Å². The van der Waals surface area contributed by atoms with Crippen LogP contribution in [0.5, 0.6) is 0 Å². The van der Waals surface area contributed by atoms with E-state index in [2.05, 4.69) is 5.10 Å². The van der Waals surface area contributed by atoms with Gasteiger partial charge in [0, 0.05) is 13.6 Å². The van der Waals surface area contributed by atoms with E-state index in [1.807, 2.05) is 6.92 Å². The van der Waals surface area contributed by atoms with Crippen molar-refractivity contribution in [1.82, 2.24) is 9.78 Å². The molecule has 0 aliphatic rings. The second-order valence-corrected chi connectivity index (χ2v) is 6.24. The normalized spacial score (nSPS) is 11.5. The summed E-state index contributed by atoms with van der Waals surface area (Å²) >= 11 is 0. The van der Waals surface area contributed by atoms with E-state index in [4.69, 9.17) is 5.73 Å². The second-order valence-electron chi connectivity index (χ2n) is 4.43. The third-order valence-corrected chi connectivity index (χ3v) is 4.85. The van der Waals surface area contributed by atoms with Crippen LogP contribution in [-0.2, 0) is 17.1 Å². The fourth-order valence-electron chi connectivity index (χ4n) is 2.02. The van der Waals surface area contributed by atoms with E-state index >= 15 is 0 Å². The lowest BCUT2D eigenvalue weighted by Crippen LogP contribution is -2.33. The third-order valence-electron chi connectivity index (χ3n) is 2.96. The summed E-state index contributed by atoms with van der Waals surface area (Å²) in [6, 6.07) is 8.43. The summed E-state index contributed by atoms with van der Waals surface area (Å²) in [5.41, 5.74) is 6.84. The lowest BCUT2D eigenvalue weighted by Gasteiger charge is -2.25. The topological polar surface area (TPSA) is 81.2 Å². The van der Waals surface area contributed by atoms with Gasteiger partial charge in [0.2, 0.25) is 0 Å². The number of aryl methyl sites for hydroxylation is 1. The Morgan fingerprint density at radius 2 is 2.00 bits per heavy atom. The minimum Gasteiger partial charge on any atom is -0.397 e. The first-order valence-electron chi connectivity index (χ1n) is 6.33. The van der Waals surface area contributed by atoms with Crippen molar-refractivity contribution in [3.8, 4) is 0 Å². The number of anilines is 2. The second kappa shape index (κ2) is 5.54. The summed E-state index contributed by atoms with van der Waals surface area (Å²) < 4.78 is 28.2. The quantitative estimate of drug-likeness (QED) is 0.849. The van der Waals surface area contributed by atoms with E-state index in [0.29, 0.717) is 24.3 Å². The molecule has 2 rings (SSSR count). The molecule has 1 aromatic heterocycles. The van der Waals surface area contributed by atoms with E-state index in [0.717, 1.165) is 0 Å². The third kappa shape index (κ3) is 2.49. The average Bonchev–Trinajstić information content (AvgIpc) is 2.84. The molecule has 6 nitrogen and oxygen atoms in total.